The molecule has 2 heterocycles. The Labute approximate surface area is 220 Å². The van der Waals surface area contributed by atoms with Gasteiger partial charge in [0.05, 0.1) is 26.7 Å². The summed E-state index contributed by atoms with van der Waals surface area (Å²) < 4.78 is 19.6. The number of aliphatic hydroxyl groups excluding tert-OH is 1. The normalized spacial score (nSPS) is 13.3. The molecule has 0 spiro atoms. The van der Waals surface area contributed by atoms with Crippen LogP contribution in [0.3, 0.4) is 0 Å². The Balaban J connectivity index is 1.77. The van der Waals surface area contributed by atoms with E-state index in [0.29, 0.717) is 22.7 Å². The number of imidazole rings is 1. The number of nitrogen functional groups attached to an aromatic ring is 1. The second-order valence-electron chi connectivity index (χ2n) is 8.84. The first kappa shape index (κ1) is 25.2. The summed E-state index contributed by atoms with van der Waals surface area (Å²) in [4.78, 5) is 12.8. The molecule has 0 aliphatic carbocycles. The molecule has 0 amide bonds. The summed E-state index contributed by atoms with van der Waals surface area (Å²) in [5, 5.41) is 11.1. The third-order valence-electron chi connectivity index (χ3n) is 6.54. The van der Waals surface area contributed by atoms with Crippen LogP contribution in [-0.4, -0.2) is 44.9 Å². The molecule has 9 heteroatoms. The van der Waals surface area contributed by atoms with Crippen molar-refractivity contribution in [3.63, 3.8) is 0 Å². The van der Waals surface area contributed by atoms with Crippen LogP contribution in [0.5, 0.6) is 11.5 Å². The van der Waals surface area contributed by atoms with Crippen LogP contribution in [-0.2, 0) is 10.3 Å². The number of hydrogen-bond donors (Lipinski definition) is 2. The molecule has 194 valence electrons. The van der Waals surface area contributed by atoms with Crippen LogP contribution in [0, 0.1) is 0 Å². The molecule has 38 heavy (non-hydrogen) atoms. The number of aliphatic hydroxyl groups is 1. The molecular formula is C29H29N5O4. The Morgan fingerprint density at radius 3 is 1.87 bits per heavy atom. The maximum Gasteiger partial charge on any atom is 0.167 e. The maximum atomic E-state index is 11.1. The highest BCUT2D eigenvalue weighted by molar-refractivity contribution is 5.81. The first-order valence-electron chi connectivity index (χ1n) is 12.1. The van der Waals surface area contributed by atoms with Gasteiger partial charge in [-0.05, 0) is 47.9 Å². The van der Waals surface area contributed by atoms with Gasteiger partial charge >= 0.3 is 0 Å². The lowest BCUT2D eigenvalue weighted by atomic mass is 9.79. The molecule has 5 rings (SSSR count). The highest BCUT2D eigenvalue weighted by atomic mass is 16.5. The van der Waals surface area contributed by atoms with Gasteiger partial charge in [-0.25, -0.2) is 15.0 Å². The zero-order valence-corrected chi connectivity index (χ0v) is 21.4. The van der Waals surface area contributed by atoms with Gasteiger partial charge in [-0.15, -0.1) is 0 Å². The van der Waals surface area contributed by atoms with E-state index >= 15 is 0 Å². The van der Waals surface area contributed by atoms with Gasteiger partial charge in [-0.2, -0.15) is 0 Å². The van der Waals surface area contributed by atoms with Crippen molar-refractivity contribution in [3.05, 3.63) is 108 Å². The molecule has 0 saturated heterocycles. The molecule has 0 aliphatic rings. The molecule has 2 unspecified atom stereocenters. The molecule has 0 saturated carbocycles. The summed E-state index contributed by atoms with van der Waals surface area (Å²) in [6.45, 7) is 1.67. The Morgan fingerprint density at radius 1 is 0.789 bits per heavy atom. The van der Waals surface area contributed by atoms with E-state index in [1.165, 1.54) is 6.33 Å². The number of rotatable bonds is 9. The summed E-state index contributed by atoms with van der Waals surface area (Å²) in [5.41, 5.74) is 8.30. The quantitative estimate of drug-likeness (QED) is 0.281. The zero-order valence-electron chi connectivity index (χ0n) is 21.4. The van der Waals surface area contributed by atoms with Crippen LogP contribution in [0.4, 0.5) is 5.82 Å². The van der Waals surface area contributed by atoms with Crippen molar-refractivity contribution in [1.82, 2.24) is 19.5 Å². The molecule has 5 aromatic rings. The van der Waals surface area contributed by atoms with E-state index < -0.39 is 17.9 Å². The van der Waals surface area contributed by atoms with Crippen LogP contribution in [0.2, 0.25) is 0 Å². The third-order valence-corrected chi connectivity index (χ3v) is 6.54. The fourth-order valence-corrected chi connectivity index (χ4v) is 4.65. The van der Waals surface area contributed by atoms with E-state index in [9.17, 15) is 5.11 Å². The third kappa shape index (κ3) is 4.42. The van der Waals surface area contributed by atoms with E-state index in [0.717, 1.165) is 16.7 Å². The fraction of sp³-hybridized carbons (Fsp3) is 0.207. The minimum Gasteiger partial charge on any atom is -0.497 e. The molecule has 2 aromatic heterocycles. The minimum atomic E-state index is -1.16. The van der Waals surface area contributed by atoms with Crippen LogP contribution in [0.25, 0.3) is 11.2 Å². The Hall–Kier alpha value is -4.47. The number of methoxy groups -OCH3 is 2. The van der Waals surface area contributed by atoms with Crippen LogP contribution in [0.1, 0.15) is 29.8 Å². The van der Waals surface area contributed by atoms with Crippen LogP contribution >= 0.6 is 0 Å². The number of anilines is 1. The number of aromatic nitrogens is 4. The topological polar surface area (TPSA) is 118 Å². The number of hydrogen-bond acceptors (Lipinski definition) is 8. The van der Waals surface area contributed by atoms with E-state index in [4.69, 9.17) is 19.9 Å². The number of nitrogens with zero attached hydrogens (tertiary/aromatic N) is 4. The summed E-state index contributed by atoms with van der Waals surface area (Å²) in [5.74, 6) is 1.67. The van der Waals surface area contributed by atoms with E-state index in [2.05, 4.69) is 15.0 Å². The highest BCUT2D eigenvalue weighted by Crippen LogP contribution is 2.45. The molecular weight excluding hydrogens is 482 g/mol. The second-order valence-corrected chi connectivity index (χ2v) is 8.84. The first-order chi connectivity index (χ1) is 18.5. The number of nitrogens with two attached hydrogens (primary N) is 1. The average Bonchev–Trinajstić information content (AvgIpc) is 3.39. The average molecular weight is 512 g/mol. The van der Waals surface area contributed by atoms with Gasteiger partial charge in [0, 0.05) is 0 Å². The molecule has 0 aliphatic heterocycles. The maximum absolute atomic E-state index is 11.1. The van der Waals surface area contributed by atoms with E-state index in [1.54, 1.807) is 32.0 Å². The molecule has 0 fully saturated rings. The lowest BCUT2D eigenvalue weighted by molar-refractivity contribution is -0.134. The monoisotopic (exact) mass is 511 g/mol. The zero-order chi connectivity index (χ0) is 26.7. The molecule has 3 N–H and O–H groups in total. The largest absolute Gasteiger partial charge is 0.497 e. The van der Waals surface area contributed by atoms with Crippen molar-refractivity contribution in [2.24, 2.45) is 0 Å². The van der Waals surface area contributed by atoms with Crippen molar-refractivity contribution in [1.29, 1.82) is 0 Å². The molecule has 0 bridgehead atoms. The summed E-state index contributed by atoms with van der Waals surface area (Å²) in [6.07, 6.45) is 1.07. The molecule has 0 radical (unpaired) electrons. The Kier molecular flexibility index (Phi) is 6.95. The van der Waals surface area contributed by atoms with Gasteiger partial charge in [0.1, 0.15) is 28.9 Å². The Bertz CT molecular complexity index is 1450. The van der Waals surface area contributed by atoms with E-state index in [-0.39, 0.29) is 5.82 Å². The fourth-order valence-electron chi connectivity index (χ4n) is 4.65. The highest BCUT2D eigenvalue weighted by Gasteiger charge is 2.42. The molecule has 3 aromatic carbocycles. The van der Waals surface area contributed by atoms with Crippen LogP contribution in [0.15, 0.2) is 91.5 Å². The smallest absolute Gasteiger partial charge is 0.167 e. The summed E-state index contributed by atoms with van der Waals surface area (Å²) >= 11 is 0. The van der Waals surface area contributed by atoms with Crippen molar-refractivity contribution in [2.45, 2.75) is 24.9 Å². The van der Waals surface area contributed by atoms with Crippen LogP contribution < -0.4 is 15.2 Å². The van der Waals surface area contributed by atoms with Gasteiger partial charge in [-0.1, -0.05) is 54.6 Å². The lowest BCUT2D eigenvalue weighted by Gasteiger charge is -2.40. The van der Waals surface area contributed by atoms with Gasteiger partial charge in [0.15, 0.2) is 17.7 Å². The summed E-state index contributed by atoms with van der Waals surface area (Å²) in [6, 6.07) is 25.2. The van der Waals surface area contributed by atoms with E-state index in [1.807, 2.05) is 78.9 Å². The van der Waals surface area contributed by atoms with Gasteiger partial charge in [0.25, 0.3) is 0 Å². The van der Waals surface area contributed by atoms with Crippen molar-refractivity contribution in [3.8, 4) is 11.5 Å². The van der Waals surface area contributed by atoms with Crippen molar-refractivity contribution < 1.29 is 19.3 Å². The van der Waals surface area contributed by atoms with Crippen molar-refractivity contribution in [2.75, 3.05) is 20.0 Å². The summed E-state index contributed by atoms with van der Waals surface area (Å²) in [7, 11) is 3.25. The predicted molar refractivity (Wildman–Crippen MR) is 144 cm³/mol. The standard InChI is InChI=1S/C29H29N5O4/c1-19(35)28(34-18-33-25-26(30)31-17-32-27(25)34)38-29(20-7-5-4-6-8-20,21-9-13-23(36-2)14-10-21)22-11-15-24(37-3)16-12-22/h4-19,28,35H,1-3H3,(H2,30,31,32). The van der Waals surface area contributed by atoms with Gasteiger partial charge < -0.3 is 25.1 Å². The lowest BCUT2D eigenvalue weighted by Crippen LogP contribution is -2.39. The molecule has 9 nitrogen and oxygen atoms in total. The number of benzene rings is 3. The second kappa shape index (κ2) is 10.5. The SMILES string of the molecule is COc1ccc(C(OC(C(C)O)n2cnc3c(N)ncnc32)(c2ccccc2)c2ccc(OC)cc2)cc1. The minimum absolute atomic E-state index is 0.248. The van der Waals surface area contributed by atoms with Gasteiger partial charge in [-0.3, -0.25) is 4.57 Å². The Morgan fingerprint density at radius 2 is 1.34 bits per heavy atom. The number of ether oxygens (including phenoxy) is 3. The molecule has 2 atom stereocenters. The van der Waals surface area contributed by atoms with Crippen molar-refractivity contribution >= 4 is 17.0 Å². The number of fused-ring (bicyclic) bond motifs is 1. The first-order valence-corrected chi connectivity index (χ1v) is 12.1. The van der Waals surface area contributed by atoms with Gasteiger partial charge in [0.2, 0.25) is 0 Å². The predicted octanol–water partition coefficient (Wildman–Crippen LogP) is 4.31.